The number of benzene rings is 2. The Morgan fingerprint density at radius 2 is 1.80 bits per heavy atom. The molecule has 0 bridgehead atoms. The molecule has 0 aliphatic carbocycles. The summed E-state index contributed by atoms with van der Waals surface area (Å²) in [4.78, 5) is 34.5. The minimum atomic E-state index is -0.948. The van der Waals surface area contributed by atoms with E-state index in [1.165, 1.54) is 0 Å². The smallest absolute Gasteiger partial charge is 0.415 e. The second-order valence-electron chi connectivity index (χ2n) is 5.36. The predicted molar refractivity (Wildman–Crippen MR) is 89.0 cm³/mol. The zero-order chi connectivity index (χ0) is 17.6. The first kappa shape index (κ1) is 16.5. The first-order valence-corrected chi connectivity index (χ1v) is 7.71. The van der Waals surface area contributed by atoms with Gasteiger partial charge in [0.05, 0.1) is 13.0 Å². The molecule has 2 aromatic rings. The number of para-hydroxylation sites is 1. The van der Waals surface area contributed by atoms with Gasteiger partial charge in [-0.1, -0.05) is 30.3 Å². The molecule has 0 saturated carbocycles. The van der Waals surface area contributed by atoms with Crippen molar-refractivity contribution in [1.82, 2.24) is 5.32 Å². The maximum absolute atomic E-state index is 11.9. The fourth-order valence-electron chi connectivity index (χ4n) is 2.32. The number of rotatable bonds is 6. The van der Waals surface area contributed by atoms with Crippen LogP contribution < -0.4 is 15.4 Å². The van der Waals surface area contributed by atoms with E-state index in [9.17, 15) is 14.4 Å². The van der Waals surface area contributed by atoms with Gasteiger partial charge in [-0.05, 0) is 24.3 Å². The Hall–Kier alpha value is -3.35. The van der Waals surface area contributed by atoms with Crippen LogP contribution in [-0.2, 0) is 14.3 Å². The Labute approximate surface area is 143 Å². The third kappa shape index (κ3) is 4.35. The summed E-state index contributed by atoms with van der Waals surface area (Å²) >= 11 is 0. The van der Waals surface area contributed by atoms with Gasteiger partial charge < -0.3 is 14.8 Å². The largest absolute Gasteiger partial charge is 0.493 e. The Bertz CT molecular complexity index is 774. The van der Waals surface area contributed by atoms with Crippen molar-refractivity contribution in [2.75, 3.05) is 11.9 Å². The van der Waals surface area contributed by atoms with Crippen molar-refractivity contribution in [2.24, 2.45) is 0 Å². The lowest BCUT2D eigenvalue weighted by atomic mass is 10.1. The molecular formula is C18H16N2O5. The Balaban J connectivity index is 1.48. The van der Waals surface area contributed by atoms with Crippen LogP contribution in [0, 0.1) is 0 Å². The van der Waals surface area contributed by atoms with E-state index in [0.29, 0.717) is 17.0 Å². The molecule has 1 heterocycles. The van der Waals surface area contributed by atoms with Crippen molar-refractivity contribution >= 4 is 23.6 Å². The molecular weight excluding hydrogens is 324 g/mol. The summed E-state index contributed by atoms with van der Waals surface area (Å²) in [5.74, 6) is 0.0256. The fraction of sp³-hybridized carbons (Fsp3) is 0.167. The molecule has 1 atom stereocenters. The molecule has 7 nitrogen and oxygen atoms in total. The Kier molecular flexibility index (Phi) is 4.94. The van der Waals surface area contributed by atoms with Crippen LogP contribution in [0.1, 0.15) is 18.1 Å². The van der Waals surface area contributed by atoms with E-state index in [4.69, 9.17) is 9.47 Å². The van der Waals surface area contributed by atoms with E-state index >= 15 is 0 Å². The van der Waals surface area contributed by atoms with Crippen LogP contribution >= 0.6 is 0 Å². The van der Waals surface area contributed by atoms with Crippen molar-refractivity contribution in [2.45, 2.75) is 12.5 Å². The second kappa shape index (κ2) is 7.48. The number of alkyl carbamates (subject to hydrolysis) is 1. The van der Waals surface area contributed by atoms with Gasteiger partial charge in [0.2, 0.25) is 12.0 Å². The number of cyclic esters (lactones) is 1. The first-order chi connectivity index (χ1) is 12.1. The molecule has 0 spiro atoms. The van der Waals surface area contributed by atoms with Gasteiger partial charge in [-0.15, -0.1) is 0 Å². The molecule has 128 valence electrons. The van der Waals surface area contributed by atoms with Gasteiger partial charge in [0, 0.05) is 11.3 Å². The normalized spacial score (nSPS) is 16.1. The SMILES string of the molecule is O=C(CCOc1ccccc1)Nc1ccc(C2OC(=O)NC2=O)cc1. The van der Waals surface area contributed by atoms with Gasteiger partial charge in [-0.25, -0.2) is 4.79 Å². The zero-order valence-electron chi connectivity index (χ0n) is 13.2. The fourth-order valence-corrected chi connectivity index (χ4v) is 2.32. The quantitative estimate of drug-likeness (QED) is 0.842. The van der Waals surface area contributed by atoms with Gasteiger partial charge in [0.15, 0.2) is 0 Å². The van der Waals surface area contributed by atoms with Crippen molar-refractivity contribution in [3.05, 3.63) is 60.2 Å². The van der Waals surface area contributed by atoms with Gasteiger partial charge in [-0.2, -0.15) is 0 Å². The van der Waals surface area contributed by atoms with Crippen molar-refractivity contribution in [3.8, 4) is 5.75 Å². The molecule has 1 aliphatic heterocycles. The molecule has 1 aliphatic rings. The summed E-state index contributed by atoms with van der Waals surface area (Å²) in [6.45, 7) is 0.270. The first-order valence-electron chi connectivity index (χ1n) is 7.71. The lowest BCUT2D eigenvalue weighted by Crippen LogP contribution is -2.20. The molecule has 2 N–H and O–H groups in total. The van der Waals surface area contributed by atoms with Crippen molar-refractivity contribution in [1.29, 1.82) is 0 Å². The number of hydrogen-bond donors (Lipinski definition) is 2. The lowest BCUT2D eigenvalue weighted by molar-refractivity contribution is -0.123. The highest BCUT2D eigenvalue weighted by molar-refractivity contribution is 6.00. The summed E-state index contributed by atoms with van der Waals surface area (Å²) in [6.07, 6.45) is -1.50. The van der Waals surface area contributed by atoms with E-state index in [2.05, 4.69) is 10.6 Å². The lowest BCUT2D eigenvalue weighted by Gasteiger charge is -2.09. The number of ether oxygens (including phenoxy) is 2. The van der Waals surface area contributed by atoms with Gasteiger partial charge >= 0.3 is 6.09 Å². The maximum Gasteiger partial charge on any atom is 0.415 e. The van der Waals surface area contributed by atoms with E-state index in [0.717, 1.165) is 0 Å². The monoisotopic (exact) mass is 340 g/mol. The standard InChI is InChI=1S/C18H16N2O5/c21-15(10-11-24-14-4-2-1-3-5-14)19-13-8-6-12(7-9-13)16-17(22)20-18(23)25-16/h1-9,16H,10-11H2,(H,19,21)(H,20,22,23). The summed E-state index contributed by atoms with van der Waals surface area (Å²) < 4.78 is 10.3. The van der Waals surface area contributed by atoms with Crippen LogP contribution in [0.4, 0.5) is 10.5 Å². The average Bonchev–Trinajstić information content (AvgIpc) is 2.95. The second-order valence-corrected chi connectivity index (χ2v) is 5.36. The molecule has 3 rings (SSSR count). The third-order valence-electron chi connectivity index (χ3n) is 3.53. The number of imide groups is 1. The molecule has 3 amide bonds. The maximum atomic E-state index is 11.9. The number of nitrogens with one attached hydrogen (secondary N) is 2. The zero-order valence-corrected chi connectivity index (χ0v) is 13.2. The minimum Gasteiger partial charge on any atom is -0.493 e. The molecule has 25 heavy (non-hydrogen) atoms. The highest BCUT2D eigenvalue weighted by atomic mass is 16.6. The Morgan fingerprint density at radius 1 is 1.08 bits per heavy atom. The number of hydrogen-bond acceptors (Lipinski definition) is 5. The molecule has 1 fully saturated rings. The predicted octanol–water partition coefficient (Wildman–Crippen LogP) is 2.40. The Morgan fingerprint density at radius 3 is 2.44 bits per heavy atom. The van der Waals surface area contributed by atoms with Crippen LogP contribution in [0.2, 0.25) is 0 Å². The van der Waals surface area contributed by atoms with Gasteiger partial charge in [-0.3, -0.25) is 14.9 Å². The molecule has 1 saturated heterocycles. The highest BCUT2D eigenvalue weighted by Gasteiger charge is 2.33. The topological polar surface area (TPSA) is 93.7 Å². The number of anilines is 1. The molecule has 0 radical (unpaired) electrons. The minimum absolute atomic E-state index is 0.186. The van der Waals surface area contributed by atoms with Crippen molar-refractivity contribution in [3.63, 3.8) is 0 Å². The molecule has 2 aromatic carbocycles. The molecule has 7 heteroatoms. The van der Waals surface area contributed by atoms with Gasteiger partial charge in [0.25, 0.3) is 5.91 Å². The van der Waals surface area contributed by atoms with Crippen LogP contribution in [-0.4, -0.2) is 24.5 Å². The van der Waals surface area contributed by atoms with Crippen molar-refractivity contribution < 1.29 is 23.9 Å². The van der Waals surface area contributed by atoms with Crippen LogP contribution in [0.25, 0.3) is 0 Å². The van der Waals surface area contributed by atoms with E-state index in [1.807, 2.05) is 30.3 Å². The number of carbonyl (C=O) groups excluding carboxylic acids is 3. The summed E-state index contributed by atoms with van der Waals surface area (Å²) in [5.41, 5.74) is 1.12. The van der Waals surface area contributed by atoms with E-state index in [-0.39, 0.29) is 18.9 Å². The summed E-state index contributed by atoms with van der Waals surface area (Å²) in [7, 11) is 0. The van der Waals surface area contributed by atoms with E-state index in [1.54, 1.807) is 24.3 Å². The summed E-state index contributed by atoms with van der Waals surface area (Å²) in [6, 6.07) is 15.8. The third-order valence-corrected chi connectivity index (χ3v) is 3.53. The van der Waals surface area contributed by atoms with Crippen LogP contribution in [0.3, 0.4) is 0 Å². The number of carbonyl (C=O) groups is 3. The molecule has 1 unspecified atom stereocenters. The van der Waals surface area contributed by atoms with Gasteiger partial charge in [0.1, 0.15) is 5.75 Å². The van der Waals surface area contributed by atoms with Crippen LogP contribution in [0.15, 0.2) is 54.6 Å². The molecule has 0 aromatic heterocycles. The van der Waals surface area contributed by atoms with Crippen LogP contribution in [0.5, 0.6) is 5.75 Å². The average molecular weight is 340 g/mol. The summed E-state index contributed by atoms with van der Waals surface area (Å²) in [5, 5.41) is 4.80. The highest BCUT2D eigenvalue weighted by Crippen LogP contribution is 2.23. The number of amides is 3. The van der Waals surface area contributed by atoms with E-state index < -0.39 is 18.1 Å².